The van der Waals surface area contributed by atoms with Crippen molar-refractivity contribution in [3.05, 3.63) is 0 Å². The minimum absolute atomic E-state index is 0.00976. The third-order valence-corrected chi connectivity index (χ3v) is 8.22. The summed E-state index contributed by atoms with van der Waals surface area (Å²) >= 11 is 1.87. The number of thioether (sulfide) groups is 1. The molecule has 8 N–H and O–H groups in total. The highest BCUT2D eigenvalue weighted by Gasteiger charge is 2.44. The lowest BCUT2D eigenvalue weighted by Crippen LogP contribution is -2.64. The van der Waals surface area contributed by atoms with Crippen molar-refractivity contribution >= 4 is 29.6 Å². The summed E-state index contributed by atoms with van der Waals surface area (Å²) in [6.07, 6.45) is -0.154. The number of carbonyl (C=O) groups excluding carboxylic acids is 3. The Morgan fingerprint density at radius 2 is 1.74 bits per heavy atom. The van der Waals surface area contributed by atoms with Crippen LogP contribution < -0.4 is 21.3 Å². The zero-order valence-corrected chi connectivity index (χ0v) is 20.5. The van der Waals surface area contributed by atoms with Crippen LogP contribution in [0.4, 0.5) is 4.79 Å². The molecule has 3 fully saturated rings. The average Bonchev–Trinajstić information content (AvgIpc) is 3.38. The van der Waals surface area contributed by atoms with Gasteiger partial charge in [-0.05, 0) is 25.7 Å². The van der Waals surface area contributed by atoms with Crippen LogP contribution in [0.2, 0.25) is 0 Å². The smallest absolute Gasteiger partial charge is 0.315 e. The lowest BCUT2D eigenvalue weighted by molar-refractivity contribution is -0.253. The molecule has 3 aliphatic rings. The second-order valence-electron chi connectivity index (χ2n) is 9.35. The quantitative estimate of drug-likeness (QED) is 0.104. The molecule has 0 spiro atoms. The van der Waals surface area contributed by atoms with Crippen LogP contribution in [0.5, 0.6) is 0 Å². The summed E-state index contributed by atoms with van der Waals surface area (Å²) in [6, 6.07) is -0.848. The maximum absolute atomic E-state index is 12.1. The van der Waals surface area contributed by atoms with E-state index in [9.17, 15) is 29.7 Å². The monoisotopic (exact) mass is 518 g/mol. The van der Waals surface area contributed by atoms with Crippen molar-refractivity contribution in [2.24, 2.45) is 0 Å². The third kappa shape index (κ3) is 7.92. The molecule has 0 aromatic rings. The molecular weight excluding hydrogens is 480 g/mol. The zero-order valence-electron chi connectivity index (χ0n) is 19.7. The van der Waals surface area contributed by atoms with Gasteiger partial charge >= 0.3 is 6.03 Å². The molecule has 12 nitrogen and oxygen atoms in total. The van der Waals surface area contributed by atoms with Crippen LogP contribution in [0.25, 0.3) is 0 Å². The minimum atomic E-state index is -1.53. The van der Waals surface area contributed by atoms with Crippen molar-refractivity contribution in [3.63, 3.8) is 0 Å². The average molecular weight is 519 g/mol. The second kappa shape index (κ2) is 13.6. The molecule has 0 radical (unpaired) electrons. The highest BCUT2D eigenvalue weighted by atomic mass is 32.2. The lowest BCUT2D eigenvalue weighted by atomic mass is 9.97. The first-order valence-corrected chi connectivity index (χ1v) is 13.4. The molecule has 0 aliphatic carbocycles. The summed E-state index contributed by atoms with van der Waals surface area (Å²) in [7, 11) is 0. The fourth-order valence-corrected chi connectivity index (χ4v) is 6.23. The number of nitrogens with one attached hydrogen (secondary N) is 4. The highest BCUT2D eigenvalue weighted by molar-refractivity contribution is 8.00. The van der Waals surface area contributed by atoms with E-state index in [1.54, 1.807) is 0 Å². The predicted molar refractivity (Wildman–Crippen MR) is 127 cm³/mol. The molecule has 1 unspecified atom stereocenters. The third-order valence-electron chi connectivity index (χ3n) is 6.71. The van der Waals surface area contributed by atoms with E-state index in [4.69, 9.17) is 9.84 Å². The Kier molecular flexibility index (Phi) is 10.9. The number of fused-ring (bicyclic) bond motifs is 1. The number of aliphatic hydroxyl groups excluding tert-OH is 4. The molecule has 200 valence electrons. The molecule has 3 rings (SSSR count). The standard InChI is InChI=1S/C22H38N4O8S/c27-10-13-19(30)20(31)18(21(32)34-13)25-16(29)8-2-1-5-9-23-15(28)7-4-3-6-14-17-12(11-35-14)24-22(33)26-17/h12-14,17-21,27,30-32H,1-11H2,(H,23,28)(H,25,29)(H2,24,26,33)/t12-,13+,14-,17-,18+,19-,20+,21?/m0/s1. The van der Waals surface area contributed by atoms with Gasteiger partial charge in [-0.3, -0.25) is 9.59 Å². The van der Waals surface area contributed by atoms with Crippen LogP contribution in [-0.2, 0) is 14.3 Å². The molecule has 0 aromatic carbocycles. The van der Waals surface area contributed by atoms with Crippen LogP contribution >= 0.6 is 11.8 Å². The zero-order chi connectivity index (χ0) is 25.4. The van der Waals surface area contributed by atoms with Gasteiger partial charge in [0.1, 0.15) is 24.4 Å². The maximum Gasteiger partial charge on any atom is 0.315 e. The van der Waals surface area contributed by atoms with Gasteiger partial charge in [-0.1, -0.05) is 12.8 Å². The second-order valence-corrected chi connectivity index (χ2v) is 10.6. The number of hydrogen-bond acceptors (Lipinski definition) is 9. The van der Waals surface area contributed by atoms with E-state index in [0.29, 0.717) is 24.6 Å². The van der Waals surface area contributed by atoms with E-state index >= 15 is 0 Å². The van der Waals surface area contributed by atoms with Crippen LogP contribution in [0, 0.1) is 0 Å². The van der Waals surface area contributed by atoms with Crippen molar-refractivity contribution in [1.29, 1.82) is 0 Å². The maximum atomic E-state index is 12.1. The van der Waals surface area contributed by atoms with Crippen LogP contribution in [0.15, 0.2) is 0 Å². The normalized spacial score (nSPS) is 34.1. The van der Waals surface area contributed by atoms with Crippen molar-refractivity contribution in [2.45, 2.75) is 99.3 Å². The van der Waals surface area contributed by atoms with Gasteiger partial charge < -0.3 is 46.4 Å². The minimum Gasteiger partial charge on any atom is -0.394 e. The largest absolute Gasteiger partial charge is 0.394 e. The summed E-state index contributed by atoms with van der Waals surface area (Å²) in [5.41, 5.74) is 0. The summed E-state index contributed by atoms with van der Waals surface area (Å²) in [5.74, 6) is 0.550. The van der Waals surface area contributed by atoms with Crippen molar-refractivity contribution in [2.75, 3.05) is 18.9 Å². The summed E-state index contributed by atoms with van der Waals surface area (Å²) in [4.78, 5) is 35.5. The Balaban J connectivity index is 1.18. The molecule has 4 amide bonds. The van der Waals surface area contributed by atoms with Gasteiger partial charge in [0.25, 0.3) is 0 Å². The number of carbonyl (C=O) groups is 3. The Hall–Kier alpha value is -1.64. The van der Waals surface area contributed by atoms with Gasteiger partial charge in [0.2, 0.25) is 11.8 Å². The number of rotatable bonds is 13. The fraction of sp³-hybridized carbons (Fsp3) is 0.864. The molecule has 3 heterocycles. The van der Waals surface area contributed by atoms with Gasteiger partial charge in [-0.15, -0.1) is 0 Å². The van der Waals surface area contributed by atoms with Gasteiger partial charge in [0.15, 0.2) is 6.29 Å². The van der Waals surface area contributed by atoms with E-state index in [1.807, 2.05) is 11.8 Å². The van der Waals surface area contributed by atoms with Gasteiger partial charge in [-0.2, -0.15) is 11.8 Å². The van der Waals surface area contributed by atoms with Crippen LogP contribution in [0.1, 0.15) is 51.4 Å². The number of ether oxygens (including phenoxy) is 1. The molecule has 0 saturated carbocycles. The van der Waals surface area contributed by atoms with Crippen molar-refractivity contribution in [1.82, 2.24) is 21.3 Å². The Labute approximate surface area is 208 Å². The molecule has 0 aromatic heterocycles. The number of hydrogen-bond donors (Lipinski definition) is 8. The number of urea groups is 1. The molecule has 13 heteroatoms. The molecule has 0 bridgehead atoms. The number of aliphatic hydroxyl groups is 4. The Morgan fingerprint density at radius 1 is 1.00 bits per heavy atom. The first-order valence-electron chi connectivity index (χ1n) is 12.4. The van der Waals surface area contributed by atoms with E-state index in [-0.39, 0.29) is 30.4 Å². The molecule has 3 saturated heterocycles. The van der Waals surface area contributed by atoms with E-state index in [1.165, 1.54) is 0 Å². The van der Waals surface area contributed by atoms with E-state index in [0.717, 1.165) is 37.9 Å². The van der Waals surface area contributed by atoms with E-state index < -0.39 is 43.2 Å². The molecule has 3 aliphatic heterocycles. The SMILES string of the molecule is O=C(CCCC[C@@H]1SC[C@@H]2NC(=O)N[C@@H]21)NCCCCCC(=O)N[C@H]1C(O)O[C@H](CO)[C@H](O)[C@@H]1O. The first kappa shape index (κ1) is 27.9. The van der Waals surface area contributed by atoms with Gasteiger partial charge in [-0.25, -0.2) is 4.79 Å². The van der Waals surface area contributed by atoms with Gasteiger partial charge in [0.05, 0.1) is 18.7 Å². The molecular formula is C22H38N4O8S. The molecule has 35 heavy (non-hydrogen) atoms. The van der Waals surface area contributed by atoms with Crippen molar-refractivity contribution < 1.29 is 39.5 Å². The van der Waals surface area contributed by atoms with Gasteiger partial charge in [0, 0.05) is 30.4 Å². The van der Waals surface area contributed by atoms with Crippen LogP contribution in [0.3, 0.4) is 0 Å². The fourth-order valence-electron chi connectivity index (χ4n) is 4.69. The summed E-state index contributed by atoms with van der Waals surface area (Å²) in [6.45, 7) is -0.0330. The highest BCUT2D eigenvalue weighted by Crippen LogP contribution is 2.33. The Bertz CT molecular complexity index is 732. The predicted octanol–water partition coefficient (Wildman–Crippen LogP) is -1.70. The number of amides is 4. The topological polar surface area (TPSA) is 189 Å². The summed E-state index contributed by atoms with van der Waals surface area (Å²) in [5, 5.41) is 50.6. The van der Waals surface area contributed by atoms with E-state index in [2.05, 4.69) is 21.3 Å². The van der Waals surface area contributed by atoms with Crippen LogP contribution in [-0.4, -0.2) is 105 Å². The lowest BCUT2D eigenvalue weighted by Gasteiger charge is -2.40. The Morgan fingerprint density at radius 3 is 2.51 bits per heavy atom. The molecule has 8 atom stereocenters. The summed E-state index contributed by atoms with van der Waals surface area (Å²) < 4.78 is 5.01. The first-order chi connectivity index (χ1) is 16.8. The number of unbranched alkanes of at least 4 members (excludes halogenated alkanes) is 3. The van der Waals surface area contributed by atoms with Crippen molar-refractivity contribution in [3.8, 4) is 0 Å².